The van der Waals surface area contributed by atoms with Crippen LogP contribution in [0.25, 0.3) is 10.9 Å². The van der Waals surface area contributed by atoms with Crippen LogP contribution in [-0.4, -0.2) is 36.3 Å². The summed E-state index contributed by atoms with van der Waals surface area (Å²) in [5.41, 5.74) is 1.97. The van der Waals surface area contributed by atoms with Gasteiger partial charge in [-0.2, -0.15) is 5.10 Å². The van der Waals surface area contributed by atoms with Crippen molar-refractivity contribution >= 4 is 34.4 Å². The second kappa shape index (κ2) is 6.57. The summed E-state index contributed by atoms with van der Waals surface area (Å²) in [4.78, 5) is 4.34. The molecule has 1 aromatic heterocycles. The lowest BCUT2D eigenvalue weighted by molar-refractivity contribution is 0.438. The Hall–Kier alpha value is -1.81. The van der Waals surface area contributed by atoms with Gasteiger partial charge >= 0.3 is 0 Å². The minimum Gasteiger partial charge on any atom is -0.382 e. The van der Waals surface area contributed by atoms with E-state index in [0.717, 1.165) is 23.0 Å². The van der Waals surface area contributed by atoms with Gasteiger partial charge in [-0.15, -0.1) is 0 Å². The second-order valence-corrected chi connectivity index (χ2v) is 5.38. The molecule has 0 amide bonds. The molecule has 2 rings (SSSR count). The number of rotatable bonds is 5. The normalized spacial score (nSPS) is 12.8. The van der Waals surface area contributed by atoms with Gasteiger partial charge in [0.25, 0.3) is 0 Å². The predicted molar refractivity (Wildman–Crippen MR) is 86.6 cm³/mol. The fourth-order valence-corrected chi connectivity index (χ4v) is 2.11. The van der Waals surface area contributed by atoms with Crippen molar-refractivity contribution < 1.29 is 0 Å². The SMILES string of the molecule is C[C@@H](C/C=N\N(C)C)Nc1ccnc2cc(Cl)ccc12. The van der Waals surface area contributed by atoms with Crippen LogP contribution >= 0.6 is 11.6 Å². The molecule has 106 valence electrons. The van der Waals surface area contributed by atoms with Crippen LogP contribution in [0.15, 0.2) is 35.6 Å². The molecule has 0 radical (unpaired) electrons. The third kappa shape index (κ3) is 3.84. The van der Waals surface area contributed by atoms with E-state index >= 15 is 0 Å². The average Bonchev–Trinajstić information content (AvgIpc) is 2.38. The van der Waals surface area contributed by atoms with Crippen LogP contribution in [0.4, 0.5) is 5.69 Å². The Kier molecular flexibility index (Phi) is 4.79. The molecule has 0 bridgehead atoms. The van der Waals surface area contributed by atoms with Gasteiger partial charge in [0.2, 0.25) is 0 Å². The zero-order valence-electron chi connectivity index (χ0n) is 12.0. The van der Waals surface area contributed by atoms with Crippen molar-refractivity contribution in [1.29, 1.82) is 0 Å². The standard InChI is InChI=1S/C15H19ClN4/c1-11(6-9-18-20(2)3)19-14-7-8-17-15-10-12(16)4-5-13(14)15/h4-5,7-11H,6H2,1-3H3,(H,17,19)/b18-9-/t11-/m0/s1. The molecule has 0 unspecified atom stereocenters. The van der Waals surface area contributed by atoms with Crippen molar-refractivity contribution in [2.45, 2.75) is 19.4 Å². The van der Waals surface area contributed by atoms with E-state index in [4.69, 9.17) is 11.6 Å². The number of hydrazone groups is 1. The van der Waals surface area contributed by atoms with Gasteiger partial charge in [0.15, 0.2) is 0 Å². The Balaban J connectivity index is 2.13. The van der Waals surface area contributed by atoms with Crippen LogP contribution in [0.3, 0.4) is 0 Å². The van der Waals surface area contributed by atoms with Gasteiger partial charge in [0.1, 0.15) is 0 Å². The molecule has 0 aliphatic rings. The second-order valence-electron chi connectivity index (χ2n) is 4.95. The first-order valence-corrected chi connectivity index (χ1v) is 6.94. The van der Waals surface area contributed by atoms with Crippen LogP contribution in [-0.2, 0) is 0 Å². The Morgan fingerprint density at radius 3 is 2.95 bits per heavy atom. The van der Waals surface area contributed by atoms with Crippen molar-refractivity contribution in [3.63, 3.8) is 0 Å². The van der Waals surface area contributed by atoms with E-state index in [9.17, 15) is 0 Å². The fraction of sp³-hybridized carbons (Fsp3) is 0.333. The zero-order valence-corrected chi connectivity index (χ0v) is 12.7. The average molecular weight is 291 g/mol. The minimum atomic E-state index is 0.292. The van der Waals surface area contributed by atoms with E-state index in [2.05, 4.69) is 22.3 Å². The number of hydrogen-bond donors (Lipinski definition) is 1. The first-order valence-electron chi connectivity index (χ1n) is 6.57. The number of fused-ring (bicyclic) bond motifs is 1. The van der Waals surface area contributed by atoms with E-state index < -0.39 is 0 Å². The highest BCUT2D eigenvalue weighted by molar-refractivity contribution is 6.31. The summed E-state index contributed by atoms with van der Waals surface area (Å²) < 4.78 is 0. The quantitative estimate of drug-likeness (QED) is 0.675. The lowest BCUT2D eigenvalue weighted by Crippen LogP contribution is -2.16. The van der Waals surface area contributed by atoms with Gasteiger partial charge in [-0.1, -0.05) is 11.6 Å². The molecule has 0 fully saturated rings. The number of nitrogens with one attached hydrogen (secondary N) is 1. The maximum Gasteiger partial charge on any atom is 0.0737 e. The van der Waals surface area contributed by atoms with Crippen LogP contribution in [0.5, 0.6) is 0 Å². The zero-order chi connectivity index (χ0) is 14.5. The lowest BCUT2D eigenvalue weighted by atomic mass is 10.1. The Bertz CT molecular complexity index is 610. The summed E-state index contributed by atoms with van der Waals surface area (Å²) >= 11 is 5.99. The molecular weight excluding hydrogens is 272 g/mol. The molecule has 2 aromatic rings. The molecule has 4 nitrogen and oxygen atoms in total. The summed E-state index contributed by atoms with van der Waals surface area (Å²) in [5.74, 6) is 0. The van der Waals surface area contributed by atoms with Gasteiger partial charge < -0.3 is 10.3 Å². The maximum atomic E-state index is 5.99. The van der Waals surface area contributed by atoms with Gasteiger partial charge in [-0.05, 0) is 31.2 Å². The van der Waals surface area contributed by atoms with Gasteiger partial charge in [0.05, 0.1) is 5.52 Å². The van der Waals surface area contributed by atoms with Crippen molar-refractivity contribution in [3.8, 4) is 0 Å². The first-order chi connectivity index (χ1) is 9.56. The van der Waals surface area contributed by atoms with Crippen molar-refractivity contribution in [2.24, 2.45) is 5.10 Å². The predicted octanol–water partition coefficient (Wildman–Crippen LogP) is 3.63. The van der Waals surface area contributed by atoms with Gasteiger partial charge in [0, 0.05) is 55.1 Å². The molecular formula is C15H19ClN4. The molecule has 5 heteroatoms. The highest BCUT2D eigenvalue weighted by Gasteiger charge is 2.05. The third-order valence-corrected chi connectivity index (χ3v) is 3.11. The van der Waals surface area contributed by atoms with E-state index in [1.165, 1.54) is 0 Å². The Morgan fingerprint density at radius 2 is 2.20 bits per heavy atom. The third-order valence-electron chi connectivity index (χ3n) is 2.88. The molecule has 0 saturated carbocycles. The molecule has 0 saturated heterocycles. The number of hydrogen-bond acceptors (Lipinski definition) is 4. The fourth-order valence-electron chi connectivity index (χ4n) is 1.94. The first kappa shape index (κ1) is 14.6. The minimum absolute atomic E-state index is 0.292. The molecule has 0 spiro atoms. The largest absolute Gasteiger partial charge is 0.382 e. The van der Waals surface area contributed by atoms with Crippen molar-refractivity contribution in [3.05, 3.63) is 35.5 Å². The van der Waals surface area contributed by atoms with Crippen LogP contribution in [0.1, 0.15) is 13.3 Å². The Labute approximate surface area is 124 Å². The van der Waals surface area contributed by atoms with E-state index in [1.54, 1.807) is 11.2 Å². The lowest BCUT2D eigenvalue weighted by Gasteiger charge is -2.15. The highest BCUT2D eigenvalue weighted by Crippen LogP contribution is 2.25. The monoisotopic (exact) mass is 290 g/mol. The maximum absolute atomic E-state index is 5.99. The molecule has 0 aliphatic heterocycles. The summed E-state index contributed by atoms with van der Waals surface area (Å²) in [6.45, 7) is 2.13. The van der Waals surface area contributed by atoms with Gasteiger partial charge in [-0.3, -0.25) is 4.98 Å². The summed E-state index contributed by atoms with van der Waals surface area (Å²) in [5, 5.41) is 11.3. The highest BCUT2D eigenvalue weighted by atomic mass is 35.5. The number of aromatic nitrogens is 1. The molecule has 1 aromatic carbocycles. The number of benzene rings is 1. The number of nitrogens with zero attached hydrogens (tertiary/aromatic N) is 3. The molecule has 0 aliphatic carbocycles. The topological polar surface area (TPSA) is 40.5 Å². The summed E-state index contributed by atoms with van der Waals surface area (Å²) in [6.07, 6.45) is 4.56. The van der Waals surface area contributed by atoms with Crippen LogP contribution in [0, 0.1) is 0 Å². The molecule has 20 heavy (non-hydrogen) atoms. The number of halogens is 1. The van der Waals surface area contributed by atoms with E-state index in [1.807, 2.05) is 44.6 Å². The van der Waals surface area contributed by atoms with Crippen molar-refractivity contribution in [1.82, 2.24) is 9.99 Å². The summed E-state index contributed by atoms with van der Waals surface area (Å²) in [6, 6.07) is 8.03. The smallest absolute Gasteiger partial charge is 0.0737 e. The van der Waals surface area contributed by atoms with Crippen LogP contribution < -0.4 is 5.32 Å². The number of pyridine rings is 1. The number of anilines is 1. The van der Waals surface area contributed by atoms with Crippen molar-refractivity contribution in [2.75, 3.05) is 19.4 Å². The Morgan fingerprint density at radius 1 is 1.40 bits per heavy atom. The van der Waals surface area contributed by atoms with E-state index in [0.29, 0.717) is 11.1 Å². The summed E-state index contributed by atoms with van der Waals surface area (Å²) in [7, 11) is 3.82. The molecule has 1 atom stereocenters. The molecule has 1 heterocycles. The van der Waals surface area contributed by atoms with Crippen LogP contribution in [0.2, 0.25) is 5.02 Å². The van der Waals surface area contributed by atoms with E-state index in [-0.39, 0.29) is 0 Å². The molecule has 1 N–H and O–H groups in total. The van der Waals surface area contributed by atoms with Gasteiger partial charge in [-0.25, -0.2) is 0 Å².